The predicted octanol–water partition coefficient (Wildman–Crippen LogP) is 4.64. The van der Waals surface area contributed by atoms with Crippen molar-refractivity contribution in [3.05, 3.63) is 96.7 Å². The highest BCUT2D eigenvalue weighted by molar-refractivity contribution is 5.82. The van der Waals surface area contributed by atoms with Crippen molar-refractivity contribution in [3.63, 3.8) is 0 Å². The number of benzene rings is 2. The number of nitrogens with one attached hydrogen (secondary N) is 3. The average molecular weight is 529 g/mol. The fraction of sp³-hybridized carbons (Fsp3) is 0.241. The summed E-state index contributed by atoms with van der Waals surface area (Å²) in [6.45, 7) is 6.71. The van der Waals surface area contributed by atoms with E-state index in [1.165, 1.54) is 12.1 Å². The molecule has 9 nitrogen and oxygen atoms in total. The maximum atomic E-state index is 13.6. The Kier molecular flexibility index (Phi) is 7.76. The third-order valence-electron chi connectivity index (χ3n) is 6.33. The predicted molar refractivity (Wildman–Crippen MR) is 145 cm³/mol. The highest BCUT2D eigenvalue weighted by atomic mass is 19.1. The first kappa shape index (κ1) is 26.2. The molecule has 0 unspecified atom stereocenters. The molecule has 0 atom stereocenters. The second-order valence-corrected chi connectivity index (χ2v) is 9.47. The highest BCUT2D eigenvalue weighted by Gasteiger charge is 2.40. The molecule has 5 rings (SSSR count). The van der Waals surface area contributed by atoms with Gasteiger partial charge in [-0.1, -0.05) is 36.4 Å². The van der Waals surface area contributed by atoms with Gasteiger partial charge in [-0.05, 0) is 42.8 Å². The molecule has 39 heavy (non-hydrogen) atoms. The molecule has 0 bridgehead atoms. The fourth-order valence-electron chi connectivity index (χ4n) is 4.14. The van der Waals surface area contributed by atoms with Crippen LogP contribution < -0.4 is 10.6 Å². The number of amides is 1. The number of imidazole rings is 1. The van der Waals surface area contributed by atoms with Gasteiger partial charge in [-0.2, -0.15) is 0 Å². The van der Waals surface area contributed by atoms with Crippen LogP contribution in [0.15, 0.2) is 79.5 Å². The summed E-state index contributed by atoms with van der Waals surface area (Å²) in [5.74, 6) is 0.335. The van der Waals surface area contributed by atoms with Crippen molar-refractivity contribution in [1.82, 2.24) is 25.3 Å². The topological polar surface area (TPSA) is 114 Å². The molecule has 10 heteroatoms. The van der Waals surface area contributed by atoms with Crippen molar-refractivity contribution in [1.29, 1.82) is 0 Å². The Balaban J connectivity index is 1.36. The number of hydrogen-bond donors (Lipinski definition) is 3. The van der Waals surface area contributed by atoms with Gasteiger partial charge in [0.05, 0.1) is 35.7 Å². The van der Waals surface area contributed by atoms with Gasteiger partial charge in [0.1, 0.15) is 5.82 Å². The van der Waals surface area contributed by atoms with Crippen molar-refractivity contribution in [2.45, 2.75) is 19.8 Å². The van der Waals surface area contributed by atoms with E-state index in [4.69, 9.17) is 14.5 Å². The fourth-order valence-corrected chi connectivity index (χ4v) is 4.14. The number of carbonyl (C=O) groups excluding carboxylic acids is 1. The lowest BCUT2D eigenvalue weighted by Gasteiger charge is -2.35. The molecule has 4 aromatic rings. The standard InChI is InChI=1S/C29H29FN6O3/c1-3-14-31-28-32-15-13-22(34-28)24-23(20-9-11-21(30)12-10-20)35-25(36-24)26-38-17-29(2,18-39-26)27(37)33-16-19-7-5-4-6-8-19/h3-13,15,26H,1,14,16-18H2,2H3,(H,33,37)(H,35,36)(H,31,32,34). The van der Waals surface area contributed by atoms with E-state index < -0.39 is 11.7 Å². The lowest BCUT2D eigenvalue weighted by Crippen LogP contribution is -2.48. The normalized spacial score (nSPS) is 18.9. The maximum absolute atomic E-state index is 13.6. The average Bonchev–Trinajstić information content (AvgIpc) is 3.42. The molecular formula is C29H29FN6O3. The largest absolute Gasteiger partial charge is 0.351 e. The molecule has 0 spiro atoms. The zero-order chi connectivity index (χ0) is 27.2. The van der Waals surface area contributed by atoms with Crippen molar-refractivity contribution in [3.8, 4) is 22.6 Å². The summed E-state index contributed by atoms with van der Waals surface area (Å²) in [4.78, 5) is 29.8. The second-order valence-electron chi connectivity index (χ2n) is 9.47. The Morgan fingerprint density at radius 2 is 1.87 bits per heavy atom. The molecule has 3 N–H and O–H groups in total. The van der Waals surface area contributed by atoms with Gasteiger partial charge in [0, 0.05) is 24.8 Å². The number of nitrogens with zero attached hydrogens (tertiary/aromatic N) is 3. The zero-order valence-corrected chi connectivity index (χ0v) is 21.5. The lowest BCUT2D eigenvalue weighted by molar-refractivity contribution is -0.231. The lowest BCUT2D eigenvalue weighted by atomic mass is 9.91. The maximum Gasteiger partial charge on any atom is 0.230 e. The van der Waals surface area contributed by atoms with Gasteiger partial charge in [0.25, 0.3) is 0 Å². The quantitative estimate of drug-likeness (QED) is 0.271. The van der Waals surface area contributed by atoms with Crippen LogP contribution in [0, 0.1) is 11.2 Å². The number of carbonyl (C=O) groups is 1. The number of ether oxygens (including phenoxy) is 2. The zero-order valence-electron chi connectivity index (χ0n) is 21.5. The van der Waals surface area contributed by atoms with Crippen LogP contribution in [0.4, 0.5) is 10.3 Å². The Morgan fingerprint density at radius 1 is 1.13 bits per heavy atom. The van der Waals surface area contributed by atoms with Gasteiger partial charge in [-0.25, -0.2) is 19.3 Å². The second kappa shape index (κ2) is 11.5. The Hall–Kier alpha value is -4.41. The summed E-state index contributed by atoms with van der Waals surface area (Å²) in [7, 11) is 0. The molecule has 3 heterocycles. The van der Waals surface area contributed by atoms with Crippen LogP contribution >= 0.6 is 0 Å². The summed E-state index contributed by atoms with van der Waals surface area (Å²) in [6.07, 6.45) is 2.52. The van der Waals surface area contributed by atoms with Gasteiger partial charge in [-0.3, -0.25) is 4.79 Å². The molecule has 1 amide bonds. The minimum Gasteiger partial charge on any atom is -0.351 e. The first-order valence-electron chi connectivity index (χ1n) is 12.5. The molecule has 2 aromatic heterocycles. The van der Waals surface area contributed by atoms with Crippen molar-refractivity contribution in [2.24, 2.45) is 5.41 Å². The molecule has 1 aliphatic heterocycles. The van der Waals surface area contributed by atoms with Gasteiger partial charge in [0.2, 0.25) is 18.1 Å². The van der Waals surface area contributed by atoms with Crippen LogP contribution in [0.5, 0.6) is 0 Å². The molecular weight excluding hydrogens is 499 g/mol. The van der Waals surface area contributed by atoms with E-state index in [0.29, 0.717) is 47.5 Å². The van der Waals surface area contributed by atoms with Crippen LogP contribution in [0.25, 0.3) is 22.6 Å². The van der Waals surface area contributed by atoms with E-state index in [-0.39, 0.29) is 24.9 Å². The Morgan fingerprint density at radius 3 is 2.59 bits per heavy atom. The molecule has 1 aliphatic rings. The summed E-state index contributed by atoms with van der Waals surface area (Å²) in [5, 5.41) is 6.04. The monoisotopic (exact) mass is 528 g/mol. The van der Waals surface area contributed by atoms with Gasteiger partial charge < -0.3 is 25.1 Å². The van der Waals surface area contributed by atoms with Gasteiger partial charge >= 0.3 is 0 Å². The van der Waals surface area contributed by atoms with E-state index in [1.807, 2.05) is 30.3 Å². The van der Waals surface area contributed by atoms with Crippen molar-refractivity contribution < 1.29 is 18.7 Å². The minimum absolute atomic E-state index is 0.142. The first-order valence-corrected chi connectivity index (χ1v) is 12.5. The van der Waals surface area contributed by atoms with Gasteiger partial charge in [-0.15, -0.1) is 6.58 Å². The Labute approximate surface area is 225 Å². The number of hydrogen-bond acceptors (Lipinski definition) is 7. The van der Waals surface area contributed by atoms with E-state index in [2.05, 4.69) is 32.2 Å². The van der Waals surface area contributed by atoms with Crippen molar-refractivity contribution in [2.75, 3.05) is 25.1 Å². The summed E-state index contributed by atoms with van der Waals surface area (Å²) in [5.41, 5.74) is 2.57. The molecule has 2 aromatic carbocycles. The Bertz CT molecular complexity index is 1430. The molecule has 200 valence electrons. The van der Waals surface area contributed by atoms with Crippen LogP contribution in [0.3, 0.4) is 0 Å². The number of rotatable bonds is 9. The summed E-state index contributed by atoms with van der Waals surface area (Å²) >= 11 is 0. The minimum atomic E-state index is -0.862. The molecule has 0 saturated carbocycles. The highest BCUT2D eigenvalue weighted by Crippen LogP contribution is 2.35. The number of aromatic nitrogens is 4. The molecule has 1 fully saturated rings. The third kappa shape index (κ3) is 6.02. The molecule has 0 radical (unpaired) electrons. The van der Waals surface area contributed by atoms with Crippen LogP contribution in [-0.2, 0) is 20.8 Å². The van der Waals surface area contributed by atoms with Crippen LogP contribution in [0.2, 0.25) is 0 Å². The SMILES string of the molecule is C=CCNc1nccc(-c2[nH]c(C3OCC(C)(C(=O)NCc4ccccc4)CO3)nc2-c2ccc(F)cc2)n1. The molecule has 0 aliphatic carbocycles. The molecule has 1 saturated heterocycles. The van der Waals surface area contributed by atoms with E-state index in [9.17, 15) is 9.18 Å². The number of halogens is 1. The number of H-pyrrole nitrogens is 1. The summed E-state index contributed by atoms with van der Waals surface area (Å²) < 4.78 is 25.6. The van der Waals surface area contributed by atoms with E-state index >= 15 is 0 Å². The van der Waals surface area contributed by atoms with Crippen molar-refractivity contribution >= 4 is 11.9 Å². The van der Waals surface area contributed by atoms with Crippen LogP contribution in [-0.4, -0.2) is 45.6 Å². The van der Waals surface area contributed by atoms with Gasteiger partial charge in [0.15, 0.2) is 5.82 Å². The first-order chi connectivity index (χ1) is 18.9. The van der Waals surface area contributed by atoms with E-state index in [1.54, 1.807) is 37.4 Å². The smallest absolute Gasteiger partial charge is 0.230 e. The van der Waals surface area contributed by atoms with E-state index in [0.717, 1.165) is 5.56 Å². The number of aromatic amines is 1. The number of anilines is 1. The summed E-state index contributed by atoms with van der Waals surface area (Å²) in [6, 6.07) is 17.5. The third-order valence-corrected chi connectivity index (χ3v) is 6.33. The van der Waals surface area contributed by atoms with Crippen LogP contribution in [0.1, 0.15) is 24.6 Å².